The van der Waals surface area contributed by atoms with Crippen LogP contribution in [0.1, 0.15) is 37.0 Å². The minimum atomic E-state index is -0.00186. The number of rotatable bonds is 8. The minimum absolute atomic E-state index is 0.00186. The fraction of sp³-hybridized carbons (Fsp3) is 0.533. The van der Waals surface area contributed by atoms with E-state index in [1.807, 2.05) is 19.1 Å². The molecule has 0 saturated heterocycles. The van der Waals surface area contributed by atoms with E-state index in [2.05, 4.69) is 6.92 Å². The lowest BCUT2D eigenvalue weighted by atomic mass is 10.2. The Balaban J connectivity index is 2.65. The van der Waals surface area contributed by atoms with Crippen LogP contribution in [-0.2, 0) is 0 Å². The molecule has 4 nitrogen and oxygen atoms in total. The molecule has 0 saturated carbocycles. The number of aliphatic hydroxyl groups is 1. The summed E-state index contributed by atoms with van der Waals surface area (Å²) in [6.07, 6.45) is 1.57. The molecule has 1 N–H and O–H groups in total. The predicted molar refractivity (Wildman–Crippen MR) is 75.5 cm³/mol. The Labute approximate surface area is 115 Å². The summed E-state index contributed by atoms with van der Waals surface area (Å²) < 4.78 is 5.48. The van der Waals surface area contributed by atoms with Crippen LogP contribution >= 0.6 is 0 Å². The first-order chi connectivity index (χ1) is 9.22. The fourth-order valence-corrected chi connectivity index (χ4v) is 1.76. The highest BCUT2D eigenvalue weighted by Crippen LogP contribution is 2.14. The van der Waals surface area contributed by atoms with Gasteiger partial charge in [0.05, 0.1) is 6.61 Å². The molecular weight excluding hydrogens is 242 g/mol. The highest BCUT2D eigenvalue weighted by atomic mass is 16.5. The number of amides is 1. The standard InChI is InChI=1S/C15H23NO3/c1-3-12-19-14-8-6-13(7-9-14)15(18)16(4-2)10-5-11-17/h6-9,17H,3-5,10-12H2,1-2H3. The zero-order chi connectivity index (χ0) is 14.1. The molecule has 1 rings (SSSR count). The topological polar surface area (TPSA) is 49.8 Å². The minimum Gasteiger partial charge on any atom is -0.494 e. The second kappa shape index (κ2) is 8.53. The van der Waals surface area contributed by atoms with Crippen molar-refractivity contribution < 1.29 is 14.6 Å². The molecule has 0 spiro atoms. The van der Waals surface area contributed by atoms with Crippen molar-refractivity contribution in [1.29, 1.82) is 0 Å². The molecule has 0 aromatic heterocycles. The molecule has 0 aliphatic rings. The Hall–Kier alpha value is -1.55. The summed E-state index contributed by atoms with van der Waals surface area (Å²) in [7, 11) is 0. The van der Waals surface area contributed by atoms with Gasteiger partial charge in [0, 0.05) is 25.3 Å². The van der Waals surface area contributed by atoms with Gasteiger partial charge in [0.1, 0.15) is 5.75 Å². The van der Waals surface area contributed by atoms with E-state index in [4.69, 9.17) is 9.84 Å². The Morgan fingerprint density at radius 1 is 1.26 bits per heavy atom. The van der Waals surface area contributed by atoms with Crippen LogP contribution in [0.3, 0.4) is 0 Å². The zero-order valence-corrected chi connectivity index (χ0v) is 11.8. The van der Waals surface area contributed by atoms with Crippen molar-refractivity contribution in [2.24, 2.45) is 0 Å². The lowest BCUT2D eigenvalue weighted by molar-refractivity contribution is 0.0754. The SMILES string of the molecule is CCCOc1ccc(C(=O)N(CC)CCCO)cc1. The van der Waals surface area contributed by atoms with Crippen molar-refractivity contribution in [1.82, 2.24) is 4.90 Å². The maximum absolute atomic E-state index is 12.2. The monoisotopic (exact) mass is 265 g/mol. The van der Waals surface area contributed by atoms with Crippen LogP contribution in [0.2, 0.25) is 0 Å². The van der Waals surface area contributed by atoms with E-state index >= 15 is 0 Å². The summed E-state index contributed by atoms with van der Waals surface area (Å²) in [5.74, 6) is 0.787. The molecule has 4 heteroatoms. The molecule has 106 valence electrons. The van der Waals surface area contributed by atoms with Gasteiger partial charge in [-0.15, -0.1) is 0 Å². The van der Waals surface area contributed by atoms with Crippen molar-refractivity contribution in [3.05, 3.63) is 29.8 Å². The summed E-state index contributed by atoms with van der Waals surface area (Å²) in [5.41, 5.74) is 0.656. The number of ether oxygens (including phenoxy) is 1. The normalized spacial score (nSPS) is 10.3. The highest BCUT2D eigenvalue weighted by Gasteiger charge is 2.13. The smallest absolute Gasteiger partial charge is 0.253 e. The molecule has 0 radical (unpaired) electrons. The van der Waals surface area contributed by atoms with Crippen molar-refractivity contribution in [2.45, 2.75) is 26.7 Å². The lowest BCUT2D eigenvalue weighted by Crippen LogP contribution is -2.32. The summed E-state index contributed by atoms with van der Waals surface area (Å²) in [4.78, 5) is 13.9. The molecule has 0 aliphatic heterocycles. The third-order valence-electron chi connectivity index (χ3n) is 2.83. The quantitative estimate of drug-likeness (QED) is 0.784. The van der Waals surface area contributed by atoms with E-state index in [1.165, 1.54) is 0 Å². The molecule has 0 unspecified atom stereocenters. The van der Waals surface area contributed by atoms with Crippen LogP contribution in [0.25, 0.3) is 0 Å². The van der Waals surface area contributed by atoms with E-state index in [0.29, 0.717) is 31.7 Å². The van der Waals surface area contributed by atoms with Crippen LogP contribution in [0.4, 0.5) is 0 Å². The summed E-state index contributed by atoms with van der Waals surface area (Å²) in [6.45, 7) is 6.01. The van der Waals surface area contributed by atoms with Gasteiger partial charge in [-0.2, -0.15) is 0 Å². The maximum Gasteiger partial charge on any atom is 0.253 e. The van der Waals surface area contributed by atoms with E-state index in [1.54, 1.807) is 17.0 Å². The van der Waals surface area contributed by atoms with Gasteiger partial charge in [-0.1, -0.05) is 6.92 Å². The number of nitrogens with zero attached hydrogens (tertiary/aromatic N) is 1. The first kappa shape index (κ1) is 15.5. The van der Waals surface area contributed by atoms with Crippen molar-refractivity contribution >= 4 is 5.91 Å². The number of carbonyl (C=O) groups excluding carboxylic acids is 1. The van der Waals surface area contributed by atoms with Crippen LogP contribution in [0.15, 0.2) is 24.3 Å². The van der Waals surface area contributed by atoms with E-state index in [0.717, 1.165) is 12.2 Å². The van der Waals surface area contributed by atoms with Crippen molar-refractivity contribution in [2.75, 3.05) is 26.3 Å². The lowest BCUT2D eigenvalue weighted by Gasteiger charge is -2.20. The molecule has 19 heavy (non-hydrogen) atoms. The van der Waals surface area contributed by atoms with E-state index in [9.17, 15) is 4.79 Å². The Morgan fingerprint density at radius 2 is 1.95 bits per heavy atom. The Bertz CT molecular complexity index is 375. The third-order valence-corrected chi connectivity index (χ3v) is 2.83. The summed E-state index contributed by atoms with van der Waals surface area (Å²) in [6, 6.07) is 7.22. The molecule has 1 amide bonds. The number of benzene rings is 1. The molecular formula is C15H23NO3. The number of hydrogen-bond donors (Lipinski definition) is 1. The number of aliphatic hydroxyl groups excluding tert-OH is 1. The number of hydrogen-bond acceptors (Lipinski definition) is 3. The van der Waals surface area contributed by atoms with Gasteiger partial charge in [0.2, 0.25) is 0 Å². The second-order valence-electron chi connectivity index (χ2n) is 4.33. The summed E-state index contributed by atoms with van der Waals surface area (Å²) >= 11 is 0. The fourth-order valence-electron chi connectivity index (χ4n) is 1.76. The third kappa shape index (κ3) is 4.91. The average Bonchev–Trinajstić information content (AvgIpc) is 2.46. The predicted octanol–water partition coefficient (Wildman–Crippen LogP) is 2.32. The summed E-state index contributed by atoms with van der Waals surface area (Å²) in [5, 5.41) is 8.83. The first-order valence-electron chi connectivity index (χ1n) is 6.85. The largest absolute Gasteiger partial charge is 0.494 e. The van der Waals surface area contributed by atoms with Gasteiger partial charge >= 0.3 is 0 Å². The second-order valence-corrected chi connectivity index (χ2v) is 4.33. The molecule has 1 aromatic rings. The van der Waals surface area contributed by atoms with Crippen molar-refractivity contribution in [3.63, 3.8) is 0 Å². The van der Waals surface area contributed by atoms with Crippen LogP contribution in [-0.4, -0.2) is 42.2 Å². The van der Waals surface area contributed by atoms with Crippen molar-refractivity contribution in [3.8, 4) is 5.75 Å². The van der Waals surface area contributed by atoms with Crippen LogP contribution in [0.5, 0.6) is 5.75 Å². The van der Waals surface area contributed by atoms with Gasteiger partial charge in [0.15, 0.2) is 0 Å². The molecule has 0 aliphatic carbocycles. The van der Waals surface area contributed by atoms with Crippen LogP contribution < -0.4 is 4.74 Å². The molecule has 1 aromatic carbocycles. The van der Waals surface area contributed by atoms with Gasteiger partial charge in [-0.05, 0) is 44.0 Å². The maximum atomic E-state index is 12.2. The van der Waals surface area contributed by atoms with Gasteiger partial charge < -0.3 is 14.7 Å². The zero-order valence-electron chi connectivity index (χ0n) is 11.8. The highest BCUT2D eigenvalue weighted by molar-refractivity contribution is 5.94. The van der Waals surface area contributed by atoms with E-state index < -0.39 is 0 Å². The first-order valence-corrected chi connectivity index (χ1v) is 6.85. The Morgan fingerprint density at radius 3 is 2.47 bits per heavy atom. The Kier molecular flexibility index (Phi) is 6.97. The van der Waals surface area contributed by atoms with E-state index in [-0.39, 0.29) is 12.5 Å². The molecule has 0 bridgehead atoms. The van der Waals surface area contributed by atoms with Crippen LogP contribution in [0, 0.1) is 0 Å². The molecule has 0 fully saturated rings. The molecule has 0 atom stereocenters. The molecule has 0 heterocycles. The average molecular weight is 265 g/mol. The van der Waals surface area contributed by atoms with Gasteiger partial charge in [-0.25, -0.2) is 0 Å². The van der Waals surface area contributed by atoms with Gasteiger partial charge in [-0.3, -0.25) is 4.79 Å². The van der Waals surface area contributed by atoms with Gasteiger partial charge in [0.25, 0.3) is 5.91 Å². The number of carbonyl (C=O) groups is 1.